The smallest absolute Gasteiger partial charge is 0.258 e. The van der Waals surface area contributed by atoms with Gasteiger partial charge in [0.25, 0.3) is 5.56 Å². The van der Waals surface area contributed by atoms with Gasteiger partial charge in [-0.3, -0.25) is 9.59 Å². The molecule has 0 spiro atoms. The zero-order chi connectivity index (χ0) is 13.3. The van der Waals surface area contributed by atoms with E-state index in [0.717, 1.165) is 10.9 Å². The number of hydrogen-bond acceptors (Lipinski definition) is 2. The van der Waals surface area contributed by atoms with Crippen LogP contribution in [-0.2, 0) is 11.3 Å². The van der Waals surface area contributed by atoms with Crippen LogP contribution in [0.2, 0.25) is 0 Å². The van der Waals surface area contributed by atoms with Gasteiger partial charge in [-0.25, -0.2) is 0 Å². The van der Waals surface area contributed by atoms with E-state index in [1.807, 2.05) is 31.2 Å². The Kier molecular flexibility index (Phi) is 3.19. The molecule has 4 heteroatoms. The molecule has 1 amide bonds. The van der Waals surface area contributed by atoms with E-state index in [4.69, 9.17) is 0 Å². The van der Waals surface area contributed by atoms with Crippen LogP contribution in [0.25, 0.3) is 10.8 Å². The summed E-state index contributed by atoms with van der Waals surface area (Å²) < 4.78 is 1.44. The number of aromatic nitrogens is 1. The van der Waals surface area contributed by atoms with Gasteiger partial charge in [-0.15, -0.1) is 0 Å². The van der Waals surface area contributed by atoms with Crippen molar-refractivity contribution in [1.82, 2.24) is 9.47 Å². The number of pyridine rings is 1. The van der Waals surface area contributed by atoms with Crippen molar-refractivity contribution in [3.63, 3.8) is 0 Å². The molecule has 0 saturated carbocycles. The fraction of sp³-hybridized carbons (Fsp3) is 0.286. The molecule has 0 unspecified atom stereocenters. The maximum absolute atomic E-state index is 12.2. The van der Waals surface area contributed by atoms with Crippen molar-refractivity contribution < 1.29 is 4.79 Å². The number of benzene rings is 1. The quantitative estimate of drug-likeness (QED) is 0.801. The Morgan fingerprint density at radius 1 is 1.28 bits per heavy atom. The van der Waals surface area contributed by atoms with Crippen molar-refractivity contribution in [3.05, 3.63) is 46.4 Å². The molecule has 0 bridgehead atoms. The molecule has 4 nitrogen and oxygen atoms in total. The second kappa shape index (κ2) is 4.64. The van der Waals surface area contributed by atoms with Gasteiger partial charge in [0.1, 0.15) is 6.54 Å². The number of aryl methyl sites for hydroxylation is 1. The first-order chi connectivity index (χ1) is 8.49. The predicted octanol–water partition coefficient (Wildman–Crippen LogP) is 1.40. The molecule has 94 valence electrons. The van der Waals surface area contributed by atoms with Gasteiger partial charge in [-0.2, -0.15) is 0 Å². The standard InChI is InChI=1S/C14H16N2O2/c1-10-4-5-12-11(8-10)6-7-16(14(12)18)9-13(17)15(2)3/h4-8H,9H2,1-3H3. The highest BCUT2D eigenvalue weighted by Gasteiger charge is 2.08. The van der Waals surface area contributed by atoms with E-state index in [0.29, 0.717) is 5.39 Å². The molecule has 0 saturated heterocycles. The second-order valence-corrected chi connectivity index (χ2v) is 4.63. The number of nitrogens with zero attached hydrogens (tertiary/aromatic N) is 2. The summed E-state index contributed by atoms with van der Waals surface area (Å²) in [7, 11) is 3.36. The monoisotopic (exact) mass is 244 g/mol. The van der Waals surface area contributed by atoms with Crippen molar-refractivity contribution in [3.8, 4) is 0 Å². The minimum Gasteiger partial charge on any atom is -0.347 e. The molecule has 0 aliphatic rings. The molecular weight excluding hydrogens is 228 g/mol. The Morgan fingerprint density at radius 2 is 2.00 bits per heavy atom. The molecule has 1 aromatic carbocycles. The van der Waals surface area contributed by atoms with E-state index in [1.165, 1.54) is 9.47 Å². The lowest BCUT2D eigenvalue weighted by Crippen LogP contribution is -2.31. The van der Waals surface area contributed by atoms with Crippen LogP contribution >= 0.6 is 0 Å². The van der Waals surface area contributed by atoms with Crippen LogP contribution in [0.15, 0.2) is 35.3 Å². The lowest BCUT2D eigenvalue weighted by atomic mass is 10.1. The van der Waals surface area contributed by atoms with Crippen LogP contribution in [0, 0.1) is 6.92 Å². The highest BCUT2D eigenvalue weighted by Crippen LogP contribution is 2.11. The van der Waals surface area contributed by atoms with Crippen molar-refractivity contribution in [1.29, 1.82) is 0 Å². The minimum absolute atomic E-state index is 0.0790. The fourth-order valence-corrected chi connectivity index (χ4v) is 1.82. The summed E-state index contributed by atoms with van der Waals surface area (Å²) in [6, 6.07) is 7.55. The van der Waals surface area contributed by atoms with Gasteiger partial charge in [0, 0.05) is 25.7 Å². The lowest BCUT2D eigenvalue weighted by molar-refractivity contribution is -0.129. The van der Waals surface area contributed by atoms with Gasteiger partial charge >= 0.3 is 0 Å². The zero-order valence-corrected chi connectivity index (χ0v) is 10.8. The molecular formula is C14H16N2O2. The summed E-state index contributed by atoms with van der Waals surface area (Å²) in [4.78, 5) is 25.3. The number of carbonyl (C=O) groups is 1. The average Bonchev–Trinajstić information content (AvgIpc) is 2.32. The molecule has 2 rings (SSSR count). The van der Waals surface area contributed by atoms with Gasteiger partial charge in [0.05, 0.1) is 0 Å². The molecule has 0 aliphatic heterocycles. The third kappa shape index (κ3) is 2.27. The first kappa shape index (κ1) is 12.4. The Balaban J connectivity index is 2.49. The number of fused-ring (bicyclic) bond motifs is 1. The highest BCUT2D eigenvalue weighted by atomic mass is 16.2. The largest absolute Gasteiger partial charge is 0.347 e. The maximum atomic E-state index is 12.2. The predicted molar refractivity (Wildman–Crippen MR) is 71.6 cm³/mol. The topological polar surface area (TPSA) is 42.3 Å². The highest BCUT2D eigenvalue weighted by molar-refractivity contribution is 5.82. The number of hydrogen-bond donors (Lipinski definition) is 0. The summed E-state index contributed by atoms with van der Waals surface area (Å²) >= 11 is 0. The summed E-state index contributed by atoms with van der Waals surface area (Å²) in [5.74, 6) is -0.0939. The van der Waals surface area contributed by atoms with E-state index in [1.54, 1.807) is 20.3 Å². The second-order valence-electron chi connectivity index (χ2n) is 4.63. The molecule has 2 aromatic rings. The number of carbonyl (C=O) groups excluding carboxylic acids is 1. The first-order valence-corrected chi connectivity index (χ1v) is 5.79. The number of amides is 1. The summed E-state index contributed by atoms with van der Waals surface area (Å²) in [6.07, 6.45) is 1.67. The third-order valence-electron chi connectivity index (χ3n) is 2.94. The SMILES string of the molecule is Cc1ccc2c(=O)n(CC(=O)N(C)C)ccc2c1. The van der Waals surface area contributed by atoms with Crippen LogP contribution < -0.4 is 5.56 Å². The number of likely N-dealkylation sites (N-methyl/N-ethyl adjacent to an activating group) is 1. The van der Waals surface area contributed by atoms with Crippen molar-refractivity contribution >= 4 is 16.7 Å². The van der Waals surface area contributed by atoms with Crippen LogP contribution in [0.3, 0.4) is 0 Å². The van der Waals surface area contributed by atoms with Crippen LogP contribution in [-0.4, -0.2) is 29.5 Å². The Bertz CT molecular complexity index is 656. The molecule has 0 aliphatic carbocycles. The van der Waals surface area contributed by atoms with Crippen molar-refractivity contribution in [2.45, 2.75) is 13.5 Å². The van der Waals surface area contributed by atoms with Gasteiger partial charge in [-0.05, 0) is 24.4 Å². The maximum Gasteiger partial charge on any atom is 0.258 e. The molecule has 0 atom stereocenters. The lowest BCUT2D eigenvalue weighted by Gasteiger charge is -2.12. The van der Waals surface area contributed by atoms with Crippen LogP contribution in [0.1, 0.15) is 5.56 Å². The Labute approximate surface area is 105 Å². The van der Waals surface area contributed by atoms with E-state index >= 15 is 0 Å². The first-order valence-electron chi connectivity index (χ1n) is 5.79. The third-order valence-corrected chi connectivity index (χ3v) is 2.94. The van der Waals surface area contributed by atoms with E-state index in [9.17, 15) is 9.59 Å². The fourth-order valence-electron chi connectivity index (χ4n) is 1.82. The van der Waals surface area contributed by atoms with Gasteiger partial charge in [-0.1, -0.05) is 17.7 Å². The van der Waals surface area contributed by atoms with Crippen molar-refractivity contribution in [2.75, 3.05) is 14.1 Å². The van der Waals surface area contributed by atoms with Gasteiger partial charge in [0.2, 0.25) is 5.91 Å². The molecule has 0 N–H and O–H groups in total. The average molecular weight is 244 g/mol. The van der Waals surface area contributed by atoms with Crippen LogP contribution in [0.5, 0.6) is 0 Å². The summed E-state index contributed by atoms with van der Waals surface area (Å²) in [5.41, 5.74) is 0.992. The molecule has 1 heterocycles. The normalized spacial score (nSPS) is 10.6. The number of rotatable bonds is 2. The van der Waals surface area contributed by atoms with Crippen molar-refractivity contribution in [2.24, 2.45) is 0 Å². The summed E-state index contributed by atoms with van der Waals surface area (Å²) in [6.45, 7) is 2.07. The van der Waals surface area contributed by atoms with E-state index in [-0.39, 0.29) is 18.0 Å². The molecule has 18 heavy (non-hydrogen) atoms. The molecule has 0 radical (unpaired) electrons. The minimum atomic E-state index is -0.122. The Hall–Kier alpha value is -2.10. The molecule has 1 aromatic heterocycles. The van der Waals surface area contributed by atoms with E-state index in [2.05, 4.69) is 0 Å². The van der Waals surface area contributed by atoms with Gasteiger partial charge in [0.15, 0.2) is 0 Å². The van der Waals surface area contributed by atoms with E-state index < -0.39 is 0 Å². The molecule has 0 fully saturated rings. The summed E-state index contributed by atoms with van der Waals surface area (Å²) in [5, 5.41) is 1.56. The Morgan fingerprint density at radius 3 is 2.67 bits per heavy atom. The van der Waals surface area contributed by atoms with Gasteiger partial charge < -0.3 is 9.47 Å². The van der Waals surface area contributed by atoms with Crippen LogP contribution in [0.4, 0.5) is 0 Å². The zero-order valence-electron chi connectivity index (χ0n) is 10.8.